The van der Waals surface area contributed by atoms with Crippen molar-refractivity contribution < 1.29 is 22.4 Å². The summed E-state index contributed by atoms with van der Waals surface area (Å²) in [6.07, 6.45) is -3.46. The van der Waals surface area contributed by atoms with Crippen molar-refractivity contribution in [2.45, 2.75) is 12.7 Å². The third-order valence-electron chi connectivity index (χ3n) is 4.01. The zero-order chi connectivity index (χ0) is 21.3. The normalized spacial score (nSPS) is 20.2. The fourth-order valence-corrected chi connectivity index (χ4v) is 3.08. The van der Waals surface area contributed by atoms with Crippen molar-refractivity contribution in [2.75, 3.05) is 13.1 Å². The number of amidine groups is 2. The van der Waals surface area contributed by atoms with Crippen LogP contribution >= 0.6 is 23.2 Å². The summed E-state index contributed by atoms with van der Waals surface area (Å²) in [5.41, 5.74) is 13.8. The van der Waals surface area contributed by atoms with Gasteiger partial charge in [-0.15, -0.1) is 0 Å². The van der Waals surface area contributed by atoms with E-state index in [-0.39, 0.29) is 33.8 Å². The number of nitrogens with zero attached hydrogens (tertiary/aromatic N) is 3. The first-order valence-corrected chi connectivity index (χ1v) is 8.81. The number of hydrogen-bond acceptors (Lipinski definition) is 7. The third kappa shape index (κ3) is 4.51. The minimum absolute atomic E-state index is 0.0657. The van der Waals surface area contributed by atoms with Gasteiger partial charge in [-0.05, 0) is 18.2 Å². The van der Waals surface area contributed by atoms with E-state index in [4.69, 9.17) is 34.7 Å². The van der Waals surface area contributed by atoms with Gasteiger partial charge in [-0.25, -0.2) is 4.39 Å². The summed E-state index contributed by atoms with van der Waals surface area (Å²) in [6.45, 7) is 0.753. The van der Waals surface area contributed by atoms with E-state index in [0.29, 0.717) is 18.7 Å². The van der Waals surface area contributed by atoms with Gasteiger partial charge in [0.05, 0.1) is 23.0 Å². The minimum atomic E-state index is -4.72. The number of nitrogens with one attached hydrogen (secondary N) is 1. The fraction of sp³-hybridized carbons (Fsp3) is 0.250. The summed E-state index contributed by atoms with van der Waals surface area (Å²) in [6, 6.07) is 2.50. The number of rotatable bonds is 3. The van der Waals surface area contributed by atoms with Crippen LogP contribution in [0.15, 0.2) is 45.5 Å². The second kappa shape index (κ2) is 7.99. The van der Waals surface area contributed by atoms with Crippen LogP contribution in [0.2, 0.25) is 10.0 Å². The number of allylic oxidation sites excluding steroid dienone is 1. The molecule has 0 saturated heterocycles. The van der Waals surface area contributed by atoms with Gasteiger partial charge in [0.1, 0.15) is 11.7 Å². The van der Waals surface area contributed by atoms with E-state index in [9.17, 15) is 17.6 Å². The van der Waals surface area contributed by atoms with Gasteiger partial charge in [-0.1, -0.05) is 23.2 Å². The topological polar surface area (TPSA) is 101 Å². The summed E-state index contributed by atoms with van der Waals surface area (Å²) in [5, 5.41) is 0.0953. The second-order valence-corrected chi connectivity index (χ2v) is 6.75. The van der Waals surface area contributed by atoms with E-state index >= 15 is 0 Å². The number of hydroxylamine groups is 1. The Bertz CT molecular complexity index is 957. The highest BCUT2D eigenvalue weighted by Crippen LogP contribution is 2.30. The molecule has 0 saturated carbocycles. The summed E-state index contributed by atoms with van der Waals surface area (Å²) in [7, 11) is 0. The molecule has 2 heterocycles. The van der Waals surface area contributed by atoms with Gasteiger partial charge in [0.15, 0.2) is 0 Å². The molecule has 0 amide bonds. The van der Waals surface area contributed by atoms with E-state index in [2.05, 4.69) is 14.8 Å². The first kappa shape index (κ1) is 21.1. The van der Waals surface area contributed by atoms with Crippen molar-refractivity contribution in [2.24, 2.45) is 21.5 Å². The molecular formula is C16H14Cl2F4N6O. The average Bonchev–Trinajstić information content (AvgIpc) is 3.15. The van der Waals surface area contributed by atoms with Gasteiger partial charge >= 0.3 is 6.18 Å². The Balaban J connectivity index is 1.95. The van der Waals surface area contributed by atoms with E-state index in [1.54, 1.807) is 10.4 Å². The molecule has 0 radical (unpaired) electrons. The average molecular weight is 453 g/mol. The molecule has 0 atom stereocenters. The maximum absolute atomic E-state index is 13.8. The zero-order valence-electron chi connectivity index (χ0n) is 14.5. The van der Waals surface area contributed by atoms with E-state index < -0.39 is 23.7 Å². The summed E-state index contributed by atoms with van der Waals surface area (Å²) < 4.78 is 51.8. The van der Waals surface area contributed by atoms with Gasteiger partial charge in [0, 0.05) is 23.7 Å². The molecule has 0 aliphatic carbocycles. The predicted molar refractivity (Wildman–Crippen MR) is 100 cm³/mol. The molecule has 0 spiro atoms. The smallest absolute Gasteiger partial charge is 0.394 e. The Labute approximate surface area is 172 Å². The summed E-state index contributed by atoms with van der Waals surface area (Å²) in [5.74, 6) is -2.38. The third-order valence-corrected chi connectivity index (χ3v) is 4.77. The minimum Gasteiger partial charge on any atom is -0.394 e. The fourth-order valence-electron chi connectivity index (χ4n) is 2.59. The molecule has 7 nitrogen and oxygen atoms in total. The molecule has 0 aromatic heterocycles. The molecule has 29 heavy (non-hydrogen) atoms. The lowest BCUT2D eigenvalue weighted by Gasteiger charge is -2.30. The van der Waals surface area contributed by atoms with Crippen LogP contribution in [0.25, 0.3) is 0 Å². The largest absolute Gasteiger partial charge is 0.452 e. The van der Waals surface area contributed by atoms with Gasteiger partial charge in [-0.2, -0.15) is 23.6 Å². The van der Waals surface area contributed by atoms with Crippen molar-refractivity contribution in [3.63, 3.8) is 0 Å². The second-order valence-electron chi connectivity index (χ2n) is 5.96. The van der Waals surface area contributed by atoms with Gasteiger partial charge < -0.3 is 21.2 Å². The Kier molecular flexibility index (Phi) is 5.80. The maximum atomic E-state index is 13.8. The highest BCUT2D eigenvalue weighted by Gasteiger charge is 2.40. The quantitative estimate of drug-likeness (QED) is 0.483. The monoisotopic (exact) mass is 452 g/mol. The molecule has 2 aliphatic heterocycles. The number of halogens is 6. The summed E-state index contributed by atoms with van der Waals surface area (Å²) >= 11 is 12.1. The van der Waals surface area contributed by atoms with Crippen molar-refractivity contribution >= 4 is 34.9 Å². The molecule has 1 aromatic rings. The molecule has 1 aromatic carbocycles. The van der Waals surface area contributed by atoms with Crippen LogP contribution in [-0.2, 0) is 11.4 Å². The molecule has 13 heteroatoms. The van der Waals surface area contributed by atoms with Crippen molar-refractivity contribution in [1.29, 1.82) is 0 Å². The lowest BCUT2D eigenvalue weighted by molar-refractivity contribution is -0.0657. The number of hydrogen-bond donors (Lipinski definition) is 3. The molecule has 0 bridgehead atoms. The Morgan fingerprint density at radius 3 is 2.72 bits per heavy atom. The molecule has 3 rings (SSSR count). The zero-order valence-corrected chi connectivity index (χ0v) is 16.0. The van der Waals surface area contributed by atoms with Crippen molar-refractivity contribution in [3.8, 4) is 0 Å². The van der Waals surface area contributed by atoms with E-state index in [0.717, 1.165) is 6.07 Å². The highest BCUT2D eigenvalue weighted by atomic mass is 35.5. The van der Waals surface area contributed by atoms with Crippen LogP contribution in [0.3, 0.4) is 0 Å². The first-order valence-electron chi connectivity index (χ1n) is 8.05. The molecule has 2 aliphatic rings. The molecule has 0 fully saturated rings. The summed E-state index contributed by atoms with van der Waals surface area (Å²) in [4.78, 5) is 13.7. The number of benzene rings is 1. The van der Waals surface area contributed by atoms with Crippen molar-refractivity contribution in [3.05, 3.63) is 56.9 Å². The van der Waals surface area contributed by atoms with E-state index in [1.807, 2.05) is 0 Å². The Morgan fingerprint density at radius 1 is 1.34 bits per heavy atom. The van der Waals surface area contributed by atoms with Gasteiger partial charge in [0.2, 0.25) is 5.84 Å². The molecular weight excluding hydrogens is 439 g/mol. The van der Waals surface area contributed by atoms with Gasteiger partial charge in [0.25, 0.3) is 5.88 Å². The lowest BCUT2D eigenvalue weighted by Crippen LogP contribution is -2.38. The standard InChI is InChI=1S/C16H14Cl2F4N6O/c17-8-1-2-9(19)12(18)7(8)6-28-4-3-25-13(24)11(28)5-10(23)14-26-15(27-29-14)16(20,21)22/h1-2,5H,3-4,6,23H2,(H2,24,25)(H,26,27). The number of aliphatic imine (C=N–C) groups is 2. The van der Waals surface area contributed by atoms with Crippen molar-refractivity contribution in [1.82, 2.24) is 10.4 Å². The molecule has 0 unspecified atom stereocenters. The van der Waals surface area contributed by atoms with Gasteiger partial charge in [-0.3, -0.25) is 4.99 Å². The first-order chi connectivity index (χ1) is 13.6. The SMILES string of the molecule is NC1=NCCN(Cc2c(Cl)ccc(F)c2Cl)C1=CC(N)=C1N=C(C(F)(F)F)NO1. The Hall–Kier alpha value is -2.66. The van der Waals surface area contributed by atoms with Crippen LogP contribution in [0.4, 0.5) is 17.6 Å². The molecule has 156 valence electrons. The lowest BCUT2D eigenvalue weighted by atomic mass is 10.1. The maximum Gasteiger partial charge on any atom is 0.452 e. The highest BCUT2D eigenvalue weighted by molar-refractivity contribution is 6.36. The van der Waals surface area contributed by atoms with Crippen LogP contribution < -0.4 is 16.9 Å². The molecule has 5 N–H and O–H groups in total. The Morgan fingerprint density at radius 2 is 2.07 bits per heavy atom. The van der Waals surface area contributed by atoms with E-state index in [1.165, 1.54) is 12.1 Å². The van der Waals surface area contributed by atoms with Crippen LogP contribution in [0.1, 0.15) is 5.56 Å². The number of nitrogens with two attached hydrogens (primary N) is 2. The van der Waals surface area contributed by atoms with Crippen LogP contribution in [0, 0.1) is 5.82 Å². The van der Waals surface area contributed by atoms with Crippen LogP contribution in [0.5, 0.6) is 0 Å². The number of alkyl halides is 3. The predicted octanol–water partition coefficient (Wildman–Crippen LogP) is 2.81. The van der Waals surface area contributed by atoms with Crippen LogP contribution in [-0.4, -0.2) is 35.8 Å².